The van der Waals surface area contributed by atoms with Crippen LogP contribution in [0.4, 0.5) is 4.39 Å². The van der Waals surface area contributed by atoms with Crippen molar-refractivity contribution >= 4 is 11.8 Å². The molecule has 1 aromatic rings. The van der Waals surface area contributed by atoms with Crippen LogP contribution in [0.5, 0.6) is 0 Å². The van der Waals surface area contributed by atoms with Crippen molar-refractivity contribution in [2.45, 2.75) is 18.9 Å². The summed E-state index contributed by atoms with van der Waals surface area (Å²) in [5.74, 6) is -0.989. The third-order valence-electron chi connectivity index (χ3n) is 3.92. The number of hydrogen-bond donors (Lipinski definition) is 1. The monoisotopic (exact) mass is 338 g/mol. The van der Waals surface area contributed by atoms with Crippen molar-refractivity contribution in [3.05, 3.63) is 35.6 Å². The van der Waals surface area contributed by atoms with Gasteiger partial charge in [-0.1, -0.05) is 12.1 Å². The second kappa shape index (κ2) is 9.34. The standard InChI is InChI=1S/C17H23FN2O4/c1-23-10-11-24-12-16(21)19-13-6-8-20(9-7-13)17(22)14-4-2-3-5-15(14)18/h2-5,13H,6-12H2,1H3,(H,19,21). The van der Waals surface area contributed by atoms with Gasteiger partial charge in [0.15, 0.2) is 0 Å². The van der Waals surface area contributed by atoms with Crippen LogP contribution in [0.15, 0.2) is 24.3 Å². The SMILES string of the molecule is COCCOCC(=O)NC1CCN(C(=O)c2ccccc2F)CC1. The number of nitrogens with zero attached hydrogens (tertiary/aromatic N) is 1. The minimum atomic E-state index is -0.508. The van der Waals surface area contributed by atoms with Gasteiger partial charge in [-0.15, -0.1) is 0 Å². The van der Waals surface area contributed by atoms with Gasteiger partial charge < -0.3 is 19.7 Å². The smallest absolute Gasteiger partial charge is 0.256 e. The summed E-state index contributed by atoms with van der Waals surface area (Å²) in [6.07, 6.45) is 1.29. The number of nitrogens with one attached hydrogen (secondary N) is 1. The molecule has 1 heterocycles. The Balaban J connectivity index is 1.74. The van der Waals surface area contributed by atoms with E-state index >= 15 is 0 Å². The van der Waals surface area contributed by atoms with E-state index in [4.69, 9.17) is 9.47 Å². The molecule has 1 aliphatic rings. The van der Waals surface area contributed by atoms with Gasteiger partial charge in [0, 0.05) is 26.2 Å². The fraction of sp³-hybridized carbons (Fsp3) is 0.529. The Kier molecular flexibility index (Phi) is 7.14. The molecule has 1 saturated heterocycles. The highest BCUT2D eigenvalue weighted by Gasteiger charge is 2.25. The molecule has 1 aromatic carbocycles. The Morgan fingerprint density at radius 2 is 1.96 bits per heavy atom. The van der Waals surface area contributed by atoms with Crippen molar-refractivity contribution in [2.24, 2.45) is 0 Å². The molecule has 0 saturated carbocycles. The lowest BCUT2D eigenvalue weighted by atomic mass is 10.0. The molecular weight excluding hydrogens is 315 g/mol. The predicted molar refractivity (Wildman–Crippen MR) is 86.2 cm³/mol. The molecule has 0 unspecified atom stereocenters. The van der Waals surface area contributed by atoms with Gasteiger partial charge in [-0.05, 0) is 25.0 Å². The van der Waals surface area contributed by atoms with Crippen molar-refractivity contribution < 1.29 is 23.5 Å². The normalized spacial score (nSPS) is 15.3. The predicted octanol–water partition coefficient (Wildman–Crippen LogP) is 1.21. The average molecular weight is 338 g/mol. The maximum absolute atomic E-state index is 13.7. The van der Waals surface area contributed by atoms with Gasteiger partial charge in [-0.3, -0.25) is 9.59 Å². The molecule has 6 nitrogen and oxygen atoms in total. The van der Waals surface area contributed by atoms with Gasteiger partial charge in [0.1, 0.15) is 12.4 Å². The number of halogens is 1. The van der Waals surface area contributed by atoms with Crippen LogP contribution in [0.25, 0.3) is 0 Å². The average Bonchev–Trinajstić information content (AvgIpc) is 2.59. The molecule has 0 radical (unpaired) electrons. The first-order chi connectivity index (χ1) is 11.6. The summed E-state index contributed by atoms with van der Waals surface area (Å²) < 4.78 is 23.7. The summed E-state index contributed by atoms with van der Waals surface area (Å²) in [5, 5.41) is 2.89. The fourth-order valence-electron chi connectivity index (χ4n) is 2.61. The highest BCUT2D eigenvalue weighted by molar-refractivity contribution is 5.94. The summed E-state index contributed by atoms with van der Waals surface area (Å²) in [7, 11) is 1.57. The van der Waals surface area contributed by atoms with Gasteiger partial charge in [0.05, 0.1) is 18.8 Å². The van der Waals surface area contributed by atoms with Crippen LogP contribution in [0.2, 0.25) is 0 Å². The number of amides is 2. The van der Waals surface area contributed by atoms with Crippen LogP contribution in [0.1, 0.15) is 23.2 Å². The Hall–Kier alpha value is -1.99. The summed E-state index contributed by atoms with van der Waals surface area (Å²) >= 11 is 0. The van der Waals surface area contributed by atoms with E-state index in [1.54, 1.807) is 24.1 Å². The van der Waals surface area contributed by atoms with Crippen LogP contribution in [0.3, 0.4) is 0 Å². The maximum atomic E-state index is 13.7. The minimum Gasteiger partial charge on any atom is -0.382 e. The Morgan fingerprint density at radius 1 is 1.25 bits per heavy atom. The van der Waals surface area contributed by atoms with Crippen molar-refractivity contribution in [1.82, 2.24) is 10.2 Å². The van der Waals surface area contributed by atoms with Gasteiger partial charge >= 0.3 is 0 Å². The number of ether oxygens (including phenoxy) is 2. The lowest BCUT2D eigenvalue weighted by Crippen LogP contribution is -2.47. The third kappa shape index (κ3) is 5.28. The molecule has 132 valence electrons. The molecule has 0 aromatic heterocycles. The molecule has 0 bridgehead atoms. The Bertz CT molecular complexity index is 559. The first-order valence-electron chi connectivity index (χ1n) is 8.01. The van der Waals surface area contributed by atoms with Crippen molar-refractivity contribution in [3.8, 4) is 0 Å². The first kappa shape index (κ1) is 18.4. The lowest BCUT2D eigenvalue weighted by molar-refractivity contribution is -0.127. The third-order valence-corrected chi connectivity index (χ3v) is 3.92. The second-order valence-corrected chi connectivity index (χ2v) is 5.66. The molecule has 0 atom stereocenters. The first-order valence-corrected chi connectivity index (χ1v) is 8.01. The largest absolute Gasteiger partial charge is 0.382 e. The van der Waals surface area contributed by atoms with Crippen LogP contribution < -0.4 is 5.32 Å². The zero-order valence-electron chi connectivity index (χ0n) is 13.8. The van der Waals surface area contributed by atoms with Crippen LogP contribution in [-0.2, 0) is 14.3 Å². The number of hydrogen-bond acceptors (Lipinski definition) is 4. The molecular formula is C17H23FN2O4. The molecule has 1 N–H and O–H groups in total. The highest BCUT2D eigenvalue weighted by Crippen LogP contribution is 2.16. The van der Waals surface area contributed by atoms with E-state index < -0.39 is 5.82 Å². The summed E-state index contributed by atoms with van der Waals surface area (Å²) in [4.78, 5) is 25.7. The van der Waals surface area contributed by atoms with E-state index in [9.17, 15) is 14.0 Å². The molecule has 1 fully saturated rings. The number of carbonyl (C=O) groups excluding carboxylic acids is 2. The Labute approximate surface area is 140 Å². The fourth-order valence-corrected chi connectivity index (χ4v) is 2.61. The van der Waals surface area contributed by atoms with E-state index in [-0.39, 0.29) is 30.0 Å². The van der Waals surface area contributed by atoms with Crippen molar-refractivity contribution in [3.63, 3.8) is 0 Å². The van der Waals surface area contributed by atoms with E-state index in [0.29, 0.717) is 39.1 Å². The summed E-state index contributed by atoms with van der Waals surface area (Å²) in [5.41, 5.74) is 0.0894. The molecule has 2 rings (SSSR count). The number of rotatable bonds is 7. The van der Waals surface area contributed by atoms with E-state index in [0.717, 1.165) is 0 Å². The van der Waals surface area contributed by atoms with Crippen LogP contribution >= 0.6 is 0 Å². The number of likely N-dealkylation sites (tertiary alicyclic amines) is 1. The number of benzene rings is 1. The maximum Gasteiger partial charge on any atom is 0.256 e. The Morgan fingerprint density at radius 3 is 2.62 bits per heavy atom. The van der Waals surface area contributed by atoms with Crippen LogP contribution in [-0.4, -0.2) is 62.8 Å². The van der Waals surface area contributed by atoms with E-state index in [1.165, 1.54) is 12.1 Å². The molecule has 1 aliphatic heterocycles. The lowest BCUT2D eigenvalue weighted by Gasteiger charge is -2.32. The number of methoxy groups -OCH3 is 1. The summed E-state index contributed by atoms with van der Waals surface area (Å²) in [6, 6.07) is 5.98. The molecule has 24 heavy (non-hydrogen) atoms. The number of piperidine rings is 1. The minimum absolute atomic E-state index is 0.00225. The highest BCUT2D eigenvalue weighted by atomic mass is 19.1. The summed E-state index contributed by atoms with van der Waals surface area (Å²) in [6.45, 7) is 1.80. The van der Waals surface area contributed by atoms with E-state index in [2.05, 4.69) is 5.32 Å². The molecule has 2 amide bonds. The van der Waals surface area contributed by atoms with Gasteiger partial charge in [0.2, 0.25) is 5.91 Å². The molecule has 0 aliphatic carbocycles. The topological polar surface area (TPSA) is 67.9 Å². The molecule has 7 heteroatoms. The van der Waals surface area contributed by atoms with E-state index in [1.807, 2.05) is 0 Å². The van der Waals surface area contributed by atoms with Gasteiger partial charge in [-0.25, -0.2) is 4.39 Å². The molecule has 0 spiro atoms. The quantitative estimate of drug-likeness (QED) is 0.759. The second-order valence-electron chi connectivity index (χ2n) is 5.66. The van der Waals surface area contributed by atoms with Gasteiger partial charge in [-0.2, -0.15) is 0 Å². The van der Waals surface area contributed by atoms with Crippen LogP contribution in [0, 0.1) is 5.82 Å². The van der Waals surface area contributed by atoms with Gasteiger partial charge in [0.25, 0.3) is 5.91 Å². The van der Waals surface area contributed by atoms with Crippen molar-refractivity contribution in [1.29, 1.82) is 0 Å². The number of carbonyl (C=O) groups is 2. The zero-order valence-corrected chi connectivity index (χ0v) is 13.8. The van der Waals surface area contributed by atoms with Crippen molar-refractivity contribution in [2.75, 3.05) is 40.0 Å². The zero-order chi connectivity index (χ0) is 17.4.